The fourth-order valence-corrected chi connectivity index (χ4v) is 1.71. The van der Waals surface area contributed by atoms with Crippen molar-refractivity contribution in [2.45, 2.75) is 6.92 Å². The molecule has 3 nitrogen and oxygen atoms in total. The smallest absolute Gasteiger partial charge is 0.172 e. The molecule has 3 N–H and O–H groups in total. The van der Waals surface area contributed by atoms with Crippen LogP contribution in [-0.4, -0.2) is 11.7 Å². The van der Waals surface area contributed by atoms with E-state index in [2.05, 4.69) is 0 Å². The molecule has 0 amide bonds. The zero-order valence-electron chi connectivity index (χ0n) is 9.98. The third-order valence-corrected chi connectivity index (χ3v) is 2.60. The molecule has 4 heteroatoms. The van der Waals surface area contributed by atoms with Crippen molar-refractivity contribution in [3.05, 3.63) is 42.2 Å². The van der Waals surface area contributed by atoms with Gasteiger partial charge >= 0.3 is 0 Å². The first-order valence-electron chi connectivity index (χ1n) is 5.63. The van der Waals surface area contributed by atoms with E-state index in [4.69, 9.17) is 10.5 Å². The van der Waals surface area contributed by atoms with Crippen molar-refractivity contribution in [2.75, 3.05) is 12.3 Å². The number of aromatic hydroxyl groups is 1. The zero-order chi connectivity index (χ0) is 13.1. The Morgan fingerprint density at radius 2 is 2.06 bits per heavy atom. The summed E-state index contributed by atoms with van der Waals surface area (Å²) in [5, 5.41) is 9.55. The summed E-state index contributed by atoms with van der Waals surface area (Å²) in [5.74, 6) is -0.302. The van der Waals surface area contributed by atoms with Gasteiger partial charge in [-0.1, -0.05) is 18.2 Å². The molecule has 2 aromatic rings. The highest BCUT2D eigenvalue weighted by atomic mass is 19.1. The first-order chi connectivity index (χ1) is 8.63. The van der Waals surface area contributed by atoms with E-state index < -0.39 is 5.82 Å². The van der Waals surface area contributed by atoms with Crippen molar-refractivity contribution in [3.8, 4) is 22.6 Å². The largest absolute Gasteiger partial charge is 0.506 e. The molecule has 2 rings (SSSR count). The standard InChI is InChI=1S/C14H14FNO2/c1-2-18-13-5-3-4-10(14(13)15)9-6-7-11(16)12(17)8-9/h3-8,17H,2,16H2,1H3. The summed E-state index contributed by atoms with van der Waals surface area (Å²) in [6, 6.07) is 9.53. The minimum atomic E-state index is -0.441. The molecule has 2 aromatic carbocycles. The highest BCUT2D eigenvalue weighted by Gasteiger charge is 2.11. The Labute approximate surface area is 105 Å². The average Bonchev–Trinajstić information content (AvgIpc) is 2.36. The molecule has 0 saturated heterocycles. The first-order valence-corrected chi connectivity index (χ1v) is 5.63. The van der Waals surface area contributed by atoms with Crippen LogP contribution in [0.1, 0.15) is 6.92 Å². The number of nitrogen functional groups attached to an aromatic ring is 1. The van der Waals surface area contributed by atoms with Gasteiger partial charge in [-0.2, -0.15) is 0 Å². The van der Waals surface area contributed by atoms with Crippen molar-refractivity contribution >= 4 is 5.69 Å². The maximum absolute atomic E-state index is 14.1. The van der Waals surface area contributed by atoms with Gasteiger partial charge in [-0.15, -0.1) is 0 Å². The van der Waals surface area contributed by atoms with E-state index in [0.29, 0.717) is 17.7 Å². The van der Waals surface area contributed by atoms with E-state index in [0.717, 1.165) is 0 Å². The van der Waals surface area contributed by atoms with E-state index in [-0.39, 0.29) is 17.2 Å². The molecule has 94 valence electrons. The lowest BCUT2D eigenvalue weighted by atomic mass is 10.0. The summed E-state index contributed by atoms with van der Waals surface area (Å²) in [7, 11) is 0. The van der Waals surface area contributed by atoms with Crippen molar-refractivity contribution in [1.82, 2.24) is 0 Å². The number of phenols is 1. The molecule has 0 saturated carbocycles. The molecule has 0 aliphatic carbocycles. The number of phenolic OH excluding ortho intramolecular Hbond substituents is 1. The molecule has 0 atom stereocenters. The van der Waals surface area contributed by atoms with E-state index in [9.17, 15) is 9.50 Å². The highest BCUT2D eigenvalue weighted by Crippen LogP contribution is 2.32. The van der Waals surface area contributed by atoms with Crippen LogP contribution < -0.4 is 10.5 Å². The lowest BCUT2D eigenvalue weighted by Crippen LogP contribution is -1.96. The maximum Gasteiger partial charge on any atom is 0.172 e. The van der Waals surface area contributed by atoms with Gasteiger partial charge in [0.15, 0.2) is 11.6 Å². The van der Waals surface area contributed by atoms with Crippen LogP contribution in [0.15, 0.2) is 36.4 Å². The number of halogens is 1. The van der Waals surface area contributed by atoms with Crippen molar-refractivity contribution in [1.29, 1.82) is 0 Å². The molecular formula is C14H14FNO2. The lowest BCUT2D eigenvalue weighted by Gasteiger charge is -2.09. The molecule has 0 aliphatic rings. The Kier molecular flexibility index (Phi) is 3.37. The quantitative estimate of drug-likeness (QED) is 0.647. The van der Waals surface area contributed by atoms with Crippen LogP contribution in [0.3, 0.4) is 0 Å². The van der Waals surface area contributed by atoms with Crippen LogP contribution >= 0.6 is 0 Å². The Morgan fingerprint density at radius 3 is 2.72 bits per heavy atom. The Hall–Kier alpha value is -2.23. The number of rotatable bonds is 3. The maximum atomic E-state index is 14.1. The van der Waals surface area contributed by atoms with Gasteiger partial charge in [-0.3, -0.25) is 0 Å². The Balaban J connectivity index is 2.50. The molecule has 0 bridgehead atoms. The molecular weight excluding hydrogens is 233 g/mol. The highest BCUT2D eigenvalue weighted by molar-refractivity contribution is 5.71. The van der Waals surface area contributed by atoms with E-state index >= 15 is 0 Å². The average molecular weight is 247 g/mol. The van der Waals surface area contributed by atoms with Crippen LogP contribution in [-0.2, 0) is 0 Å². The molecule has 0 unspecified atom stereocenters. The van der Waals surface area contributed by atoms with Crippen LogP contribution in [0.4, 0.5) is 10.1 Å². The van der Waals surface area contributed by atoms with Gasteiger partial charge < -0.3 is 15.6 Å². The monoisotopic (exact) mass is 247 g/mol. The molecule has 0 heterocycles. The second-order valence-corrected chi connectivity index (χ2v) is 3.82. The number of hydrogen-bond acceptors (Lipinski definition) is 3. The van der Waals surface area contributed by atoms with Gasteiger partial charge in [0.2, 0.25) is 0 Å². The summed E-state index contributed by atoms with van der Waals surface area (Å²) in [6.07, 6.45) is 0. The summed E-state index contributed by atoms with van der Waals surface area (Å²) in [5.41, 5.74) is 6.71. The molecule has 0 aromatic heterocycles. The molecule has 0 radical (unpaired) electrons. The van der Waals surface area contributed by atoms with E-state index in [1.165, 1.54) is 12.1 Å². The van der Waals surface area contributed by atoms with Crippen LogP contribution in [0, 0.1) is 5.82 Å². The lowest BCUT2D eigenvalue weighted by molar-refractivity contribution is 0.322. The van der Waals surface area contributed by atoms with Gasteiger partial charge in [0.25, 0.3) is 0 Å². The van der Waals surface area contributed by atoms with E-state index in [1.807, 2.05) is 0 Å². The number of ether oxygens (including phenoxy) is 1. The van der Waals surface area contributed by atoms with Crippen molar-refractivity contribution in [3.63, 3.8) is 0 Å². The molecule has 0 spiro atoms. The van der Waals surface area contributed by atoms with E-state index in [1.54, 1.807) is 31.2 Å². The van der Waals surface area contributed by atoms with Crippen molar-refractivity contribution in [2.24, 2.45) is 0 Å². The summed E-state index contributed by atoms with van der Waals surface area (Å²) < 4.78 is 19.3. The fraction of sp³-hybridized carbons (Fsp3) is 0.143. The minimum Gasteiger partial charge on any atom is -0.506 e. The first kappa shape index (κ1) is 12.2. The second kappa shape index (κ2) is 4.96. The number of hydrogen-bond donors (Lipinski definition) is 2. The van der Waals surface area contributed by atoms with Gasteiger partial charge in [-0.25, -0.2) is 4.39 Å². The Morgan fingerprint density at radius 1 is 1.28 bits per heavy atom. The predicted molar refractivity (Wildman–Crippen MR) is 69.1 cm³/mol. The molecule has 0 aliphatic heterocycles. The van der Waals surface area contributed by atoms with Crippen molar-refractivity contribution < 1.29 is 14.2 Å². The van der Waals surface area contributed by atoms with Gasteiger partial charge in [-0.05, 0) is 30.7 Å². The topological polar surface area (TPSA) is 55.5 Å². The van der Waals surface area contributed by atoms with Gasteiger partial charge in [0.1, 0.15) is 5.75 Å². The zero-order valence-corrected chi connectivity index (χ0v) is 9.98. The number of anilines is 1. The summed E-state index contributed by atoms with van der Waals surface area (Å²) >= 11 is 0. The third-order valence-electron chi connectivity index (χ3n) is 2.60. The number of benzene rings is 2. The fourth-order valence-electron chi connectivity index (χ4n) is 1.71. The van der Waals surface area contributed by atoms with Gasteiger partial charge in [0.05, 0.1) is 12.3 Å². The molecule has 18 heavy (non-hydrogen) atoms. The summed E-state index contributed by atoms with van der Waals surface area (Å²) in [6.45, 7) is 2.19. The molecule has 0 fully saturated rings. The third kappa shape index (κ3) is 2.22. The minimum absolute atomic E-state index is 0.0614. The van der Waals surface area contributed by atoms with Crippen LogP contribution in [0.5, 0.6) is 11.5 Å². The summed E-state index contributed by atoms with van der Waals surface area (Å²) in [4.78, 5) is 0. The second-order valence-electron chi connectivity index (χ2n) is 3.82. The van der Waals surface area contributed by atoms with Crippen LogP contribution in [0.2, 0.25) is 0 Å². The SMILES string of the molecule is CCOc1cccc(-c2ccc(N)c(O)c2)c1F. The normalized spacial score (nSPS) is 10.3. The van der Waals surface area contributed by atoms with Gasteiger partial charge in [0, 0.05) is 5.56 Å². The number of nitrogens with two attached hydrogens (primary N) is 1. The van der Waals surface area contributed by atoms with Crippen LogP contribution in [0.25, 0.3) is 11.1 Å². The Bertz CT molecular complexity index is 570. The predicted octanol–water partition coefficient (Wildman–Crippen LogP) is 3.18.